The highest BCUT2D eigenvalue weighted by Crippen LogP contribution is 2.37. The van der Waals surface area contributed by atoms with Crippen molar-refractivity contribution in [2.24, 2.45) is 11.8 Å². The molecule has 0 aromatic carbocycles. The molecular formula is C19H34ClNO. The lowest BCUT2D eigenvalue weighted by molar-refractivity contribution is 0.00680. The fourth-order valence-corrected chi connectivity index (χ4v) is 4.97. The molecule has 2 nitrogen and oxygen atoms in total. The highest BCUT2D eigenvalue weighted by Gasteiger charge is 2.26. The molecule has 3 rings (SSSR count). The molecule has 1 aliphatic heterocycles. The predicted molar refractivity (Wildman–Crippen MR) is 93.6 cm³/mol. The molecule has 0 amide bonds. The number of ether oxygens (including phenoxy) is 1. The first-order valence-corrected chi connectivity index (χ1v) is 10.2. The summed E-state index contributed by atoms with van der Waals surface area (Å²) in [6.07, 6.45) is 15.4. The van der Waals surface area contributed by atoms with Crippen molar-refractivity contribution in [3.8, 4) is 0 Å². The summed E-state index contributed by atoms with van der Waals surface area (Å²) in [6, 6.07) is 0. The lowest BCUT2D eigenvalue weighted by atomic mass is 9.77. The molecule has 1 saturated heterocycles. The maximum absolute atomic E-state index is 6.22. The summed E-state index contributed by atoms with van der Waals surface area (Å²) in [5.41, 5.74) is 0. The van der Waals surface area contributed by atoms with E-state index in [0.29, 0.717) is 11.5 Å². The second-order valence-corrected chi connectivity index (χ2v) is 8.53. The highest BCUT2D eigenvalue weighted by atomic mass is 35.5. The van der Waals surface area contributed by atoms with Crippen molar-refractivity contribution >= 4 is 11.6 Å². The number of nitrogens with zero attached hydrogens (tertiary/aromatic N) is 1. The predicted octanol–water partition coefficient (Wildman–Crippen LogP) is 4.85. The van der Waals surface area contributed by atoms with E-state index in [1.54, 1.807) is 0 Å². The minimum absolute atomic E-state index is 0.469. The van der Waals surface area contributed by atoms with Gasteiger partial charge in [0.05, 0.1) is 12.7 Å². The van der Waals surface area contributed by atoms with Crippen LogP contribution in [-0.2, 0) is 4.74 Å². The van der Waals surface area contributed by atoms with Crippen LogP contribution in [0.15, 0.2) is 0 Å². The molecule has 0 spiro atoms. The first-order chi connectivity index (χ1) is 10.8. The fourth-order valence-electron chi connectivity index (χ4n) is 4.72. The standard InChI is InChI=1S/C19H34ClNO/c20-18-7-3-16(4-8-18)15-17-5-9-19(10-6-17)22-14-13-21-11-1-2-12-21/h16-19H,1-15H2. The SMILES string of the molecule is ClC1CCC(CC2CCC(OCCN3CCCC3)CC2)CC1. The Labute approximate surface area is 141 Å². The van der Waals surface area contributed by atoms with Gasteiger partial charge in [0.25, 0.3) is 0 Å². The van der Waals surface area contributed by atoms with Crippen molar-refractivity contribution in [2.75, 3.05) is 26.2 Å². The van der Waals surface area contributed by atoms with Crippen LogP contribution < -0.4 is 0 Å². The second-order valence-electron chi connectivity index (χ2n) is 7.92. The van der Waals surface area contributed by atoms with Gasteiger partial charge in [0, 0.05) is 11.9 Å². The third-order valence-electron chi connectivity index (χ3n) is 6.20. The van der Waals surface area contributed by atoms with E-state index in [1.165, 1.54) is 83.7 Å². The molecule has 128 valence electrons. The van der Waals surface area contributed by atoms with Gasteiger partial charge < -0.3 is 9.64 Å². The third-order valence-corrected chi connectivity index (χ3v) is 6.63. The summed E-state index contributed by atoms with van der Waals surface area (Å²) in [6.45, 7) is 4.69. The van der Waals surface area contributed by atoms with Crippen LogP contribution in [0.2, 0.25) is 0 Å². The smallest absolute Gasteiger partial charge is 0.0597 e. The van der Waals surface area contributed by atoms with Gasteiger partial charge >= 0.3 is 0 Å². The molecule has 0 aromatic heterocycles. The quantitative estimate of drug-likeness (QED) is 0.647. The van der Waals surface area contributed by atoms with E-state index in [-0.39, 0.29) is 0 Å². The zero-order valence-corrected chi connectivity index (χ0v) is 14.9. The van der Waals surface area contributed by atoms with Crippen molar-refractivity contribution in [2.45, 2.75) is 82.1 Å². The maximum Gasteiger partial charge on any atom is 0.0597 e. The van der Waals surface area contributed by atoms with Gasteiger partial charge in [-0.25, -0.2) is 0 Å². The van der Waals surface area contributed by atoms with Gasteiger partial charge in [0.15, 0.2) is 0 Å². The molecule has 1 heterocycles. The molecule has 0 bridgehead atoms. The first-order valence-electron chi connectivity index (χ1n) is 9.77. The minimum atomic E-state index is 0.469. The van der Waals surface area contributed by atoms with E-state index in [0.717, 1.165) is 25.0 Å². The van der Waals surface area contributed by atoms with Crippen LogP contribution in [0, 0.1) is 11.8 Å². The van der Waals surface area contributed by atoms with Crippen molar-refractivity contribution < 1.29 is 4.74 Å². The Morgan fingerprint density at radius 3 is 2.05 bits per heavy atom. The van der Waals surface area contributed by atoms with E-state index >= 15 is 0 Å². The number of alkyl halides is 1. The molecule has 3 fully saturated rings. The van der Waals surface area contributed by atoms with Gasteiger partial charge in [0.2, 0.25) is 0 Å². The normalized spacial score (nSPS) is 37.5. The van der Waals surface area contributed by atoms with E-state index in [2.05, 4.69) is 4.90 Å². The molecule has 0 unspecified atom stereocenters. The number of rotatable bonds is 6. The van der Waals surface area contributed by atoms with Gasteiger partial charge in [-0.05, 0) is 95.6 Å². The number of hydrogen-bond acceptors (Lipinski definition) is 2. The lowest BCUT2D eigenvalue weighted by Crippen LogP contribution is -2.29. The molecule has 0 atom stereocenters. The average molecular weight is 328 g/mol. The van der Waals surface area contributed by atoms with Crippen LogP contribution in [0.1, 0.15) is 70.6 Å². The topological polar surface area (TPSA) is 12.5 Å². The van der Waals surface area contributed by atoms with Crippen molar-refractivity contribution in [1.29, 1.82) is 0 Å². The molecule has 2 aliphatic carbocycles. The Kier molecular flexibility index (Phi) is 6.89. The zero-order chi connectivity index (χ0) is 15.2. The molecule has 2 saturated carbocycles. The molecule has 0 aromatic rings. The zero-order valence-electron chi connectivity index (χ0n) is 14.1. The van der Waals surface area contributed by atoms with Gasteiger partial charge in [-0.2, -0.15) is 0 Å². The molecule has 22 heavy (non-hydrogen) atoms. The number of hydrogen-bond donors (Lipinski definition) is 0. The van der Waals surface area contributed by atoms with E-state index < -0.39 is 0 Å². The maximum atomic E-state index is 6.22. The van der Waals surface area contributed by atoms with Gasteiger partial charge in [0.1, 0.15) is 0 Å². The van der Waals surface area contributed by atoms with Crippen LogP contribution in [0.5, 0.6) is 0 Å². The molecular weight excluding hydrogens is 294 g/mol. The van der Waals surface area contributed by atoms with Gasteiger partial charge in [-0.15, -0.1) is 11.6 Å². The van der Waals surface area contributed by atoms with Crippen LogP contribution in [0.3, 0.4) is 0 Å². The Hall–Kier alpha value is 0.210. The summed E-state index contributed by atoms with van der Waals surface area (Å²) in [7, 11) is 0. The summed E-state index contributed by atoms with van der Waals surface area (Å²) in [4.78, 5) is 2.55. The summed E-state index contributed by atoms with van der Waals surface area (Å²) < 4.78 is 6.14. The van der Waals surface area contributed by atoms with E-state index in [1.807, 2.05) is 0 Å². The third kappa shape index (κ3) is 5.39. The van der Waals surface area contributed by atoms with Crippen molar-refractivity contribution in [1.82, 2.24) is 4.90 Å². The van der Waals surface area contributed by atoms with E-state index in [4.69, 9.17) is 16.3 Å². The van der Waals surface area contributed by atoms with Crippen molar-refractivity contribution in [3.63, 3.8) is 0 Å². The second kappa shape index (κ2) is 8.89. The Balaban J connectivity index is 1.26. The Morgan fingerprint density at radius 1 is 0.818 bits per heavy atom. The number of halogens is 1. The van der Waals surface area contributed by atoms with Gasteiger partial charge in [-0.1, -0.05) is 0 Å². The molecule has 3 heteroatoms. The Morgan fingerprint density at radius 2 is 1.41 bits per heavy atom. The highest BCUT2D eigenvalue weighted by molar-refractivity contribution is 6.20. The minimum Gasteiger partial charge on any atom is -0.377 e. The fraction of sp³-hybridized carbons (Fsp3) is 1.00. The molecule has 0 radical (unpaired) electrons. The summed E-state index contributed by atoms with van der Waals surface area (Å²) in [5.74, 6) is 1.93. The lowest BCUT2D eigenvalue weighted by Gasteiger charge is -2.33. The number of likely N-dealkylation sites (tertiary alicyclic amines) is 1. The van der Waals surface area contributed by atoms with Gasteiger partial charge in [-0.3, -0.25) is 0 Å². The largest absolute Gasteiger partial charge is 0.377 e. The van der Waals surface area contributed by atoms with E-state index in [9.17, 15) is 0 Å². The summed E-state index contributed by atoms with van der Waals surface area (Å²) >= 11 is 6.22. The monoisotopic (exact) mass is 327 g/mol. The van der Waals surface area contributed by atoms with Crippen LogP contribution in [-0.4, -0.2) is 42.6 Å². The first kappa shape index (κ1) is 17.0. The van der Waals surface area contributed by atoms with Crippen LogP contribution in [0.4, 0.5) is 0 Å². The molecule has 0 N–H and O–H groups in total. The summed E-state index contributed by atoms with van der Waals surface area (Å²) in [5, 5.41) is 0.469. The van der Waals surface area contributed by atoms with Crippen molar-refractivity contribution in [3.05, 3.63) is 0 Å². The molecule has 3 aliphatic rings. The van der Waals surface area contributed by atoms with Crippen LogP contribution in [0.25, 0.3) is 0 Å². The Bertz CT molecular complexity index is 303. The van der Waals surface area contributed by atoms with Crippen LogP contribution >= 0.6 is 11.6 Å². The average Bonchev–Trinajstić information content (AvgIpc) is 3.05.